The maximum Gasteiger partial charge on any atom is 0.257 e. The molecule has 1 amide bonds. The Morgan fingerprint density at radius 3 is 2.52 bits per heavy atom. The van der Waals surface area contributed by atoms with Crippen LogP contribution < -0.4 is 15.0 Å². The van der Waals surface area contributed by atoms with E-state index >= 15 is 0 Å². The number of carbonyl (C=O) groups excluding carboxylic acids is 1. The number of para-hydroxylation sites is 1. The van der Waals surface area contributed by atoms with Gasteiger partial charge >= 0.3 is 0 Å². The number of thiocarbonyl (C=S) groups is 1. The lowest BCUT2D eigenvalue weighted by Gasteiger charge is -2.20. The Balaban J connectivity index is 2.03. The molecule has 0 saturated carbocycles. The molecule has 4 nitrogen and oxygen atoms in total. The van der Waals surface area contributed by atoms with Crippen molar-refractivity contribution in [1.82, 2.24) is 5.32 Å². The number of rotatable bonds is 5. The number of anilines is 1. The van der Waals surface area contributed by atoms with Crippen molar-refractivity contribution < 1.29 is 9.53 Å². The van der Waals surface area contributed by atoms with Gasteiger partial charge in [-0.1, -0.05) is 32.0 Å². The molecule has 0 saturated heterocycles. The van der Waals surface area contributed by atoms with Crippen molar-refractivity contribution in [2.24, 2.45) is 5.92 Å². The van der Waals surface area contributed by atoms with Crippen molar-refractivity contribution in [2.45, 2.75) is 13.8 Å². The molecule has 0 fully saturated rings. The molecule has 0 aliphatic rings. The summed E-state index contributed by atoms with van der Waals surface area (Å²) >= 11 is 8.77. The van der Waals surface area contributed by atoms with Gasteiger partial charge in [0.15, 0.2) is 5.11 Å². The van der Waals surface area contributed by atoms with Crippen LogP contribution in [-0.2, 0) is 0 Å². The molecule has 2 rings (SSSR count). The van der Waals surface area contributed by atoms with Crippen LogP contribution >= 0.6 is 28.1 Å². The number of nitrogens with one attached hydrogen (secondary N) is 1. The van der Waals surface area contributed by atoms with Gasteiger partial charge in [0.1, 0.15) is 5.75 Å². The second-order valence-corrected chi connectivity index (χ2v) is 7.24. The first kappa shape index (κ1) is 19.4. The summed E-state index contributed by atoms with van der Waals surface area (Å²) in [5, 5.41) is 3.09. The molecule has 0 aliphatic carbocycles. The molecule has 0 aliphatic heterocycles. The molecule has 0 bridgehead atoms. The molecule has 1 N–H and O–H groups in total. The third kappa shape index (κ3) is 5.54. The van der Waals surface area contributed by atoms with Gasteiger partial charge in [0.05, 0.1) is 11.1 Å². The normalized spacial score (nSPS) is 10.4. The van der Waals surface area contributed by atoms with Crippen molar-refractivity contribution in [3.05, 3.63) is 58.6 Å². The summed E-state index contributed by atoms with van der Waals surface area (Å²) in [7, 11) is 1.82. The minimum absolute atomic E-state index is 0.260. The summed E-state index contributed by atoms with van der Waals surface area (Å²) in [4.78, 5) is 14.2. The standard InChI is InChI=1S/C19H21BrN2O2S/c1-13(2)12-24-17-10-9-14(11-16(17)20)18(23)21-19(25)22(3)15-7-5-4-6-8-15/h4-11,13H,12H2,1-3H3,(H,21,23,25). The summed E-state index contributed by atoms with van der Waals surface area (Å²) in [6, 6.07) is 14.9. The third-order valence-electron chi connectivity index (χ3n) is 3.43. The second-order valence-electron chi connectivity index (χ2n) is 6.00. The molecular formula is C19H21BrN2O2S. The second kappa shape index (κ2) is 8.97. The number of halogens is 1. The van der Waals surface area contributed by atoms with Crippen LogP contribution in [0.3, 0.4) is 0 Å². The predicted octanol–water partition coefficient (Wildman–Crippen LogP) is 4.64. The Morgan fingerprint density at radius 1 is 1.24 bits per heavy atom. The molecule has 2 aromatic rings. The molecule has 132 valence electrons. The van der Waals surface area contributed by atoms with Crippen LogP contribution in [0.1, 0.15) is 24.2 Å². The van der Waals surface area contributed by atoms with Gasteiger partial charge in [0.2, 0.25) is 0 Å². The maximum atomic E-state index is 12.4. The van der Waals surface area contributed by atoms with Gasteiger partial charge < -0.3 is 9.64 Å². The van der Waals surface area contributed by atoms with Crippen LogP contribution in [0.2, 0.25) is 0 Å². The van der Waals surface area contributed by atoms with E-state index in [0.717, 1.165) is 10.2 Å². The lowest BCUT2D eigenvalue weighted by Crippen LogP contribution is -2.40. The van der Waals surface area contributed by atoms with E-state index in [9.17, 15) is 4.79 Å². The zero-order valence-electron chi connectivity index (χ0n) is 14.5. The average molecular weight is 421 g/mol. The Hall–Kier alpha value is -1.92. The van der Waals surface area contributed by atoms with E-state index in [1.165, 1.54) is 0 Å². The predicted molar refractivity (Wildman–Crippen MR) is 109 cm³/mol. The Labute approximate surface area is 162 Å². The van der Waals surface area contributed by atoms with E-state index in [2.05, 4.69) is 35.1 Å². The lowest BCUT2D eigenvalue weighted by molar-refractivity contribution is 0.0977. The molecule has 0 unspecified atom stereocenters. The molecule has 0 radical (unpaired) electrons. The summed E-state index contributed by atoms with van der Waals surface area (Å²) in [5.41, 5.74) is 1.42. The highest BCUT2D eigenvalue weighted by Gasteiger charge is 2.14. The van der Waals surface area contributed by atoms with E-state index in [-0.39, 0.29) is 5.91 Å². The summed E-state index contributed by atoms with van der Waals surface area (Å²) in [6.07, 6.45) is 0. The lowest BCUT2D eigenvalue weighted by atomic mass is 10.2. The minimum atomic E-state index is -0.260. The van der Waals surface area contributed by atoms with Gasteiger partial charge in [-0.2, -0.15) is 0 Å². The molecule has 0 atom stereocenters. The van der Waals surface area contributed by atoms with Gasteiger partial charge in [-0.15, -0.1) is 0 Å². The van der Waals surface area contributed by atoms with Crippen molar-refractivity contribution >= 4 is 44.9 Å². The monoisotopic (exact) mass is 420 g/mol. The Bertz CT molecular complexity index is 750. The van der Waals surface area contributed by atoms with Crippen LogP contribution in [0.4, 0.5) is 5.69 Å². The van der Waals surface area contributed by atoms with Crippen molar-refractivity contribution in [3.63, 3.8) is 0 Å². The van der Waals surface area contributed by atoms with Gasteiger partial charge in [-0.3, -0.25) is 10.1 Å². The zero-order valence-corrected chi connectivity index (χ0v) is 16.9. The molecule has 6 heteroatoms. The molecule has 0 aromatic heterocycles. The number of nitrogens with zero attached hydrogens (tertiary/aromatic N) is 1. The quantitative estimate of drug-likeness (QED) is 0.715. The SMILES string of the molecule is CC(C)COc1ccc(C(=O)NC(=S)N(C)c2ccccc2)cc1Br. The minimum Gasteiger partial charge on any atom is -0.492 e. The van der Waals surface area contributed by atoms with Crippen molar-refractivity contribution in [3.8, 4) is 5.75 Å². The fourth-order valence-corrected chi connectivity index (χ4v) is 2.73. The van der Waals surface area contributed by atoms with E-state index in [0.29, 0.717) is 29.0 Å². The third-order valence-corrected chi connectivity index (χ3v) is 4.43. The Morgan fingerprint density at radius 2 is 1.92 bits per heavy atom. The van der Waals surface area contributed by atoms with E-state index in [1.54, 1.807) is 23.1 Å². The number of benzene rings is 2. The first-order chi connectivity index (χ1) is 11.9. The highest BCUT2D eigenvalue weighted by Crippen LogP contribution is 2.26. The summed E-state index contributed by atoms with van der Waals surface area (Å²) < 4.78 is 6.44. The molecule has 25 heavy (non-hydrogen) atoms. The first-order valence-electron chi connectivity index (χ1n) is 7.95. The fourth-order valence-electron chi connectivity index (χ4n) is 2.04. The molecule has 0 heterocycles. The molecule has 0 spiro atoms. The zero-order chi connectivity index (χ0) is 18.4. The molecule has 2 aromatic carbocycles. The van der Waals surface area contributed by atoms with Gasteiger partial charge in [0, 0.05) is 18.3 Å². The smallest absolute Gasteiger partial charge is 0.257 e. The van der Waals surface area contributed by atoms with Gasteiger partial charge in [-0.25, -0.2) is 0 Å². The number of ether oxygens (including phenoxy) is 1. The van der Waals surface area contributed by atoms with Gasteiger partial charge in [-0.05, 0) is 64.4 Å². The largest absolute Gasteiger partial charge is 0.492 e. The Kier molecular flexibility index (Phi) is 6.96. The fraction of sp³-hybridized carbons (Fsp3) is 0.263. The van der Waals surface area contributed by atoms with Crippen LogP contribution in [0, 0.1) is 5.92 Å². The van der Waals surface area contributed by atoms with Crippen molar-refractivity contribution in [1.29, 1.82) is 0 Å². The van der Waals surface area contributed by atoms with Crippen molar-refractivity contribution in [2.75, 3.05) is 18.6 Å². The highest BCUT2D eigenvalue weighted by molar-refractivity contribution is 9.10. The first-order valence-corrected chi connectivity index (χ1v) is 9.15. The number of amides is 1. The maximum absolute atomic E-state index is 12.4. The van der Waals surface area contributed by atoms with Crippen LogP contribution in [0.5, 0.6) is 5.75 Å². The number of hydrogen-bond acceptors (Lipinski definition) is 3. The van der Waals surface area contributed by atoms with Crippen LogP contribution in [0.25, 0.3) is 0 Å². The summed E-state index contributed by atoms with van der Waals surface area (Å²) in [5.74, 6) is 0.888. The topological polar surface area (TPSA) is 41.6 Å². The number of hydrogen-bond donors (Lipinski definition) is 1. The van der Waals surface area contributed by atoms with Gasteiger partial charge in [0.25, 0.3) is 5.91 Å². The number of carbonyl (C=O) groups is 1. The van der Waals surface area contributed by atoms with E-state index in [1.807, 2.05) is 37.4 Å². The van der Waals surface area contributed by atoms with Crippen LogP contribution in [0.15, 0.2) is 53.0 Å². The average Bonchev–Trinajstić information content (AvgIpc) is 2.60. The van der Waals surface area contributed by atoms with E-state index < -0.39 is 0 Å². The summed E-state index contributed by atoms with van der Waals surface area (Å²) in [6.45, 7) is 4.79. The van der Waals surface area contributed by atoms with Crippen LogP contribution in [-0.4, -0.2) is 24.7 Å². The van der Waals surface area contributed by atoms with E-state index in [4.69, 9.17) is 17.0 Å². The molecular weight excluding hydrogens is 400 g/mol. The highest BCUT2D eigenvalue weighted by atomic mass is 79.9.